The number of esters is 1. The van der Waals surface area contributed by atoms with Crippen LogP contribution < -0.4 is 5.19 Å². The van der Waals surface area contributed by atoms with E-state index in [0.717, 1.165) is 0 Å². The quantitative estimate of drug-likeness (QED) is 0.571. The summed E-state index contributed by atoms with van der Waals surface area (Å²) in [7, 11) is -1.82. The highest BCUT2D eigenvalue weighted by Gasteiger charge is 2.40. The number of hydrogen-bond donors (Lipinski definition) is 0. The summed E-state index contributed by atoms with van der Waals surface area (Å²) in [4.78, 5) is 11.4. The molecular formula is C21H28O2Si. The summed E-state index contributed by atoms with van der Waals surface area (Å²) >= 11 is 0. The van der Waals surface area contributed by atoms with Gasteiger partial charge in [0.05, 0.1) is 8.07 Å². The van der Waals surface area contributed by atoms with Crippen molar-refractivity contribution < 1.29 is 9.53 Å². The fourth-order valence-electron chi connectivity index (χ4n) is 3.73. The Kier molecular flexibility index (Phi) is 6.00. The molecule has 3 atom stereocenters. The highest BCUT2D eigenvalue weighted by molar-refractivity contribution is 6.91. The fourth-order valence-corrected chi connectivity index (χ4v) is 7.75. The van der Waals surface area contributed by atoms with E-state index >= 15 is 0 Å². The van der Waals surface area contributed by atoms with Gasteiger partial charge in [0.2, 0.25) is 0 Å². The van der Waals surface area contributed by atoms with Crippen LogP contribution in [-0.4, -0.2) is 20.1 Å². The Balaban J connectivity index is 2.45. The average Bonchev–Trinajstić information content (AvgIpc) is 2.56. The second-order valence-electron chi connectivity index (χ2n) is 7.15. The molecule has 0 saturated carbocycles. The van der Waals surface area contributed by atoms with E-state index in [4.69, 9.17) is 4.74 Å². The third-order valence-corrected chi connectivity index (χ3v) is 9.31. The molecule has 0 aromatic heterocycles. The lowest BCUT2D eigenvalue weighted by atomic mass is 9.95. The topological polar surface area (TPSA) is 26.3 Å². The van der Waals surface area contributed by atoms with Crippen LogP contribution in [0.3, 0.4) is 0 Å². The van der Waals surface area contributed by atoms with Crippen molar-refractivity contribution in [3.05, 3.63) is 66.2 Å². The maximum absolute atomic E-state index is 11.4. The maximum atomic E-state index is 11.4. The van der Waals surface area contributed by atoms with E-state index in [-0.39, 0.29) is 18.0 Å². The van der Waals surface area contributed by atoms with Gasteiger partial charge in [0.25, 0.3) is 0 Å². The van der Waals surface area contributed by atoms with E-state index < -0.39 is 8.07 Å². The lowest BCUT2D eigenvalue weighted by molar-refractivity contribution is -0.147. The van der Waals surface area contributed by atoms with E-state index in [0.29, 0.717) is 5.54 Å². The first-order chi connectivity index (χ1) is 11.3. The summed E-state index contributed by atoms with van der Waals surface area (Å²) in [6.07, 6.45) is -0.108. The number of hydrogen-bond acceptors (Lipinski definition) is 2. The summed E-state index contributed by atoms with van der Waals surface area (Å²) in [5, 5.41) is 1.43. The van der Waals surface area contributed by atoms with Crippen LogP contribution in [0.4, 0.5) is 0 Å². The number of carbonyl (C=O) groups is 1. The van der Waals surface area contributed by atoms with Gasteiger partial charge < -0.3 is 4.74 Å². The minimum atomic E-state index is -1.82. The molecule has 0 fully saturated rings. The first-order valence-corrected chi connectivity index (χ1v) is 11.7. The molecule has 2 nitrogen and oxygen atoms in total. The van der Waals surface area contributed by atoms with Gasteiger partial charge in [-0.15, -0.1) is 0 Å². The highest BCUT2D eigenvalue weighted by Crippen LogP contribution is 2.36. The van der Waals surface area contributed by atoms with Crippen molar-refractivity contribution in [2.45, 2.75) is 45.5 Å². The van der Waals surface area contributed by atoms with Crippen molar-refractivity contribution in [2.75, 3.05) is 0 Å². The number of rotatable bonds is 6. The van der Waals surface area contributed by atoms with Crippen LogP contribution in [0, 0.1) is 5.92 Å². The standard InChI is InChI=1S/C21H28O2Si/c1-16(17(2)23-18(3)22)21(19-12-8-6-9-13-19)24(4,5)20-14-10-7-11-15-20/h6-17,21H,1-5H3/t16-,17-,21-/m1/s1. The van der Waals surface area contributed by atoms with Crippen molar-refractivity contribution in [3.63, 3.8) is 0 Å². The van der Waals surface area contributed by atoms with Crippen LogP contribution in [-0.2, 0) is 9.53 Å². The molecule has 24 heavy (non-hydrogen) atoms. The van der Waals surface area contributed by atoms with Crippen molar-refractivity contribution in [1.82, 2.24) is 0 Å². The smallest absolute Gasteiger partial charge is 0.302 e. The first kappa shape index (κ1) is 18.5. The minimum absolute atomic E-state index is 0.108. The third-order valence-electron chi connectivity index (χ3n) is 5.07. The lowest BCUT2D eigenvalue weighted by Gasteiger charge is -2.39. The summed E-state index contributed by atoms with van der Waals surface area (Å²) in [6, 6.07) is 21.4. The van der Waals surface area contributed by atoms with Crippen molar-refractivity contribution >= 4 is 19.2 Å². The largest absolute Gasteiger partial charge is 0.463 e. The van der Waals surface area contributed by atoms with E-state index in [9.17, 15) is 4.79 Å². The number of benzene rings is 2. The molecule has 128 valence electrons. The van der Waals surface area contributed by atoms with Crippen molar-refractivity contribution in [3.8, 4) is 0 Å². The Hall–Kier alpha value is -1.87. The highest BCUT2D eigenvalue weighted by atomic mass is 28.3. The Labute approximate surface area is 146 Å². The van der Waals surface area contributed by atoms with Gasteiger partial charge >= 0.3 is 5.97 Å². The van der Waals surface area contributed by atoms with Gasteiger partial charge in [-0.3, -0.25) is 4.79 Å². The summed E-state index contributed by atoms with van der Waals surface area (Å²) in [6.45, 7) is 10.5. The SMILES string of the molecule is CC(=O)O[C@H](C)[C@@H](C)[C@H](c1ccccc1)[Si](C)(C)c1ccccc1. The molecule has 3 heteroatoms. The molecule has 0 unspecified atom stereocenters. The molecular weight excluding hydrogens is 312 g/mol. The van der Waals surface area contributed by atoms with E-state index in [1.54, 1.807) is 0 Å². The van der Waals surface area contributed by atoms with Crippen LogP contribution in [0.25, 0.3) is 0 Å². The number of carbonyl (C=O) groups excluding carboxylic acids is 1. The molecule has 0 spiro atoms. The maximum Gasteiger partial charge on any atom is 0.302 e. The second kappa shape index (κ2) is 7.80. The molecule has 0 bridgehead atoms. The van der Waals surface area contributed by atoms with Gasteiger partial charge in [0.15, 0.2) is 0 Å². The predicted molar refractivity (Wildman–Crippen MR) is 103 cm³/mol. The molecule has 0 amide bonds. The van der Waals surface area contributed by atoms with Crippen LogP contribution >= 0.6 is 0 Å². The Morgan fingerprint density at radius 1 is 0.917 bits per heavy atom. The number of ether oxygens (including phenoxy) is 1. The van der Waals surface area contributed by atoms with Crippen molar-refractivity contribution in [1.29, 1.82) is 0 Å². The minimum Gasteiger partial charge on any atom is -0.463 e. The summed E-state index contributed by atoms with van der Waals surface area (Å²) in [5.41, 5.74) is 1.71. The van der Waals surface area contributed by atoms with Gasteiger partial charge in [-0.2, -0.15) is 0 Å². The van der Waals surface area contributed by atoms with Gasteiger partial charge in [-0.05, 0) is 23.9 Å². The normalized spacial score (nSPS) is 15.4. The Bertz CT molecular complexity index is 652. The van der Waals surface area contributed by atoms with Gasteiger partial charge in [-0.1, -0.05) is 85.9 Å². The molecule has 0 heterocycles. The monoisotopic (exact) mass is 340 g/mol. The molecule has 2 aromatic carbocycles. The Morgan fingerprint density at radius 2 is 1.42 bits per heavy atom. The molecule has 0 aliphatic heterocycles. The molecule has 2 rings (SSSR count). The molecule has 0 radical (unpaired) electrons. The van der Waals surface area contributed by atoms with Gasteiger partial charge in [0, 0.05) is 6.92 Å². The molecule has 0 aliphatic rings. The van der Waals surface area contributed by atoms with Crippen LogP contribution in [0.2, 0.25) is 13.1 Å². The molecule has 0 saturated heterocycles. The fraction of sp³-hybridized carbons (Fsp3) is 0.381. The molecule has 2 aromatic rings. The zero-order chi connectivity index (χ0) is 17.7. The van der Waals surface area contributed by atoms with Crippen LogP contribution in [0.15, 0.2) is 60.7 Å². The second-order valence-corrected chi connectivity index (χ2v) is 11.8. The third kappa shape index (κ3) is 4.15. The zero-order valence-corrected chi connectivity index (χ0v) is 16.3. The molecule has 0 aliphatic carbocycles. The summed E-state index contributed by atoms with van der Waals surface area (Å²) < 4.78 is 5.53. The van der Waals surface area contributed by atoms with Gasteiger partial charge in [-0.25, -0.2) is 0 Å². The lowest BCUT2D eigenvalue weighted by Crippen LogP contribution is -2.51. The first-order valence-electron chi connectivity index (χ1n) is 8.61. The van der Waals surface area contributed by atoms with E-state index in [1.807, 2.05) is 6.92 Å². The average molecular weight is 341 g/mol. The zero-order valence-electron chi connectivity index (χ0n) is 15.3. The van der Waals surface area contributed by atoms with Gasteiger partial charge in [0.1, 0.15) is 6.10 Å². The summed E-state index contributed by atoms with van der Waals surface area (Å²) in [5.74, 6) is 0.0403. The van der Waals surface area contributed by atoms with Crippen molar-refractivity contribution in [2.24, 2.45) is 5.92 Å². The van der Waals surface area contributed by atoms with Crippen LogP contribution in [0.1, 0.15) is 31.9 Å². The van der Waals surface area contributed by atoms with Crippen LogP contribution in [0.5, 0.6) is 0 Å². The predicted octanol–water partition coefficient (Wildman–Crippen LogP) is 4.51. The Morgan fingerprint density at radius 3 is 1.92 bits per heavy atom. The van der Waals surface area contributed by atoms with E-state index in [2.05, 4.69) is 80.7 Å². The molecule has 0 N–H and O–H groups in total. The van der Waals surface area contributed by atoms with E-state index in [1.165, 1.54) is 17.7 Å².